The van der Waals surface area contributed by atoms with Gasteiger partial charge in [0.25, 0.3) is 0 Å². The summed E-state index contributed by atoms with van der Waals surface area (Å²) < 4.78 is 6.32. The van der Waals surface area contributed by atoms with Crippen LogP contribution in [-0.2, 0) is 4.74 Å². The van der Waals surface area contributed by atoms with Crippen molar-refractivity contribution in [2.24, 2.45) is 0 Å². The summed E-state index contributed by atoms with van der Waals surface area (Å²) in [6.45, 7) is 8.98. The molecule has 0 aliphatic rings. The molecule has 0 radical (unpaired) electrons. The molecule has 0 atom stereocenters. The van der Waals surface area contributed by atoms with E-state index < -0.39 is 11.7 Å². The van der Waals surface area contributed by atoms with Gasteiger partial charge in [-0.25, -0.2) is 0 Å². The molecule has 1 aromatic rings. The Morgan fingerprint density at radius 2 is 1.82 bits per heavy atom. The molecule has 0 saturated heterocycles. The number of benzene rings is 1. The van der Waals surface area contributed by atoms with E-state index in [0.29, 0.717) is 11.3 Å². The maximum absolute atomic E-state index is 11.7. The Hall–Kier alpha value is -1.97. The molecule has 0 fully saturated rings. The summed E-state index contributed by atoms with van der Waals surface area (Å²) in [7, 11) is 0. The lowest BCUT2D eigenvalue weighted by molar-refractivity contribution is -0.354. The first-order valence-corrected chi connectivity index (χ1v) is 5.22. The fraction of sp³-hybridized carbons (Fsp3) is 0.308. The third kappa shape index (κ3) is 3.83. The highest BCUT2D eigenvalue weighted by molar-refractivity contribution is 5.75. The molecule has 0 aliphatic heterocycles. The van der Waals surface area contributed by atoms with Crippen molar-refractivity contribution in [2.75, 3.05) is 0 Å². The predicted molar refractivity (Wildman–Crippen MR) is 65.1 cm³/mol. The molecular formula is C13H16NO3+. The van der Waals surface area contributed by atoms with E-state index in [2.05, 4.69) is 6.72 Å². The summed E-state index contributed by atoms with van der Waals surface area (Å²) >= 11 is 0. The van der Waals surface area contributed by atoms with Crippen LogP contribution in [0.5, 0.6) is 0 Å². The number of carbonyl (C=O) groups excluding carboxylic acids is 2. The van der Waals surface area contributed by atoms with E-state index in [-0.39, 0.29) is 0 Å². The van der Waals surface area contributed by atoms with Gasteiger partial charge in [-0.05, 0) is 32.9 Å². The van der Waals surface area contributed by atoms with Gasteiger partial charge in [-0.2, -0.15) is 4.79 Å². The van der Waals surface area contributed by atoms with Crippen LogP contribution in [-0.4, -0.2) is 29.3 Å². The molecular weight excluding hydrogens is 218 g/mol. The Kier molecular flexibility index (Phi) is 3.78. The van der Waals surface area contributed by atoms with Gasteiger partial charge >= 0.3 is 6.09 Å². The second kappa shape index (κ2) is 4.91. The number of hydrogen-bond acceptors (Lipinski definition) is 3. The molecule has 0 unspecified atom stereocenters. The van der Waals surface area contributed by atoms with E-state index in [9.17, 15) is 9.59 Å². The van der Waals surface area contributed by atoms with Crippen LogP contribution < -0.4 is 0 Å². The number of carbonyl (C=O) groups is 2. The highest BCUT2D eigenvalue weighted by atomic mass is 16.6. The third-order valence-corrected chi connectivity index (χ3v) is 1.95. The second-order valence-electron chi connectivity index (χ2n) is 4.62. The van der Waals surface area contributed by atoms with E-state index in [1.54, 1.807) is 45.0 Å². The molecule has 0 N–H and O–H groups in total. The number of ether oxygens (including phenoxy) is 1. The van der Waals surface area contributed by atoms with Gasteiger partial charge < -0.3 is 4.74 Å². The van der Waals surface area contributed by atoms with Gasteiger partial charge in [0.1, 0.15) is 18.6 Å². The number of hydrogen-bond donors (Lipinski definition) is 0. The van der Waals surface area contributed by atoms with Crippen molar-refractivity contribution in [1.82, 2.24) is 0 Å². The number of amides is 1. The van der Waals surface area contributed by atoms with Crippen LogP contribution in [0.1, 0.15) is 31.1 Å². The van der Waals surface area contributed by atoms with Gasteiger partial charge in [-0.15, -0.1) is 0 Å². The van der Waals surface area contributed by atoms with Crippen LogP contribution in [0.25, 0.3) is 0 Å². The molecule has 90 valence electrons. The Morgan fingerprint density at radius 3 is 2.24 bits per heavy atom. The first kappa shape index (κ1) is 13.1. The minimum Gasteiger partial charge on any atom is -0.406 e. The van der Waals surface area contributed by atoms with Gasteiger partial charge in [0, 0.05) is 17.7 Å². The zero-order valence-corrected chi connectivity index (χ0v) is 10.3. The summed E-state index contributed by atoms with van der Waals surface area (Å²) in [5, 5.41) is 0. The van der Waals surface area contributed by atoms with Gasteiger partial charge in [0.05, 0.1) is 0 Å². The maximum Gasteiger partial charge on any atom is 0.602 e. The summed E-state index contributed by atoms with van der Waals surface area (Å²) in [4.78, 5) is 22.2. The van der Waals surface area contributed by atoms with Crippen molar-refractivity contribution in [1.29, 1.82) is 0 Å². The molecule has 0 spiro atoms. The van der Waals surface area contributed by atoms with Crippen LogP contribution >= 0.6 is 0 Å². The largest absolute Gasteiger partial charge is 0.602 e. The second-order valence-corrected chi connectivity index (χ2v) is 4.62. The first-order chi connectivity index (χ1) is 7.83. The van der Waals surface area contributed by atoms with Crippen molar-refractivity contribution in [3.05, 3.63) is 29.8 Å². The molecule has 0 bridgehead atoms. The fourth-order valence-electron chi connectivity index (χ4n) is 1.16. The summed E-state index contributed by atoms with van der Waals surface area (Å²) in [6.07, 6.45) is 0.210. The normalized spacial score (nSPS) is 10.8. The molecule has 0 aromatic heterocycles. The van der Waals surface area contributed by atoms with Crippen LogP contribution in [0.4, 0.5) is 10.5 Å². The molecule has 4 heteroatoms. The van der Waals surface area contributed by atoms with E-state index in [0.717, 1.165) is 10.9 Å². The average molecular weight is 234 g/mol. The van der Waals surface area contributed by atoms with Gasteiger partial charge in [-0.3, -0.25) is 4.79 Å². The molecule has 4 nitrogen and oxygen atoms in total. The molecule has 0 saturated carbocycles. The molecule has 1 rings (SSSR count). The SMILES string of the molecule is C=[N+](C(=O)OC(C)(C)C)c1ccc(C=O)cc1. The number of rotatable bonds is 2. The summed E-state index contributed by atoms with van der Waals surface area (Å²) in [5.41, 5.74) is 0.562. The van der Waals surface area contributed by atoms with E-state index in [4.69, 9.17) is 4.74 Å². The van der Waals surface area contributed by atoms with Crippen molar-refractivity contribution in [3.8, 4) is 0 Å². The molecule has 17 heavy (non-hydrogen) atoms. The van der Waals surface area contributed by atoms with Gasteiger partial charge in [0.2, 0.25) is 5.69 Å². The Morgan fingerprint density at radius 1 is 1.29 bits per heavy atom. The Balaban J connectivity index is 2.82. The molecule has 0 heterocycles. The first-order valence-electron chi connectivity index (χ1n) is 5.22. The fourth-order valence-corrected chi connectivity index (χ4v) is 1.16. The molecule has 1 aromatic carbocycles. The lowest BCUT2D eigenvalue weighted by Crippen LogP contribution is -2.28. The van der Waals surface area contributed by atoms with Crippen molar-refractivity contribution in [2.45, 2.75) is 26.4 Å². The van der Waals surface area contributed by atoms with Crippen LogP contribution in [0, 0.1) is 0 Å². The summed E-state index contributed by atoms with van der Waals surface area (Å²) in [6, 6.07) is 6.51. The maximum atomic E-state index is 11.7. The quantitative estimate of drug-likeness (QED) is 0.449. The van der Waals surface area contributed by atoms with E-state index in [1.165, 1.54) is 0 Å². The smallest absolute Gasteiger partial charge is 0.406 e. The monoisotopic (exact) mass is 234 g/mol. The topological polar surface area (TPSA) is 46.4 Å². The standard InChI is InChI=1S/C13H16NO3/c1-13(2,3)17-12(16)14(4)11-7-5-10(9-15)6-8-11/h5-9H,4H2,1-3H3/q+1. The van der Waals surface area contributed by atoms with Crippen molar-refractivity contribution >= 4 is 24.8 Å². The van der Waals surface area contributed by atoms with Crippen LogP contribution in [0.2, 0.25) is 0 Å². The highest BCUT2D eigenvalue weighted by Gasteiger charge is 2.26. The van der Waals surface area contributed by atoms with Crippen LogP contribution in [0.15, 0.2) is 24.3 Å². The Labute approximate surface area is 101 Å². The average Bonchev–Trinajstić information content (AvgIpc) is 2.26. The van der Waals surface area contributed by atoms with Crippen LogP contribution in [0.3, 0.4) is 0 Å². The zero-order valence-electron chi connectivity index (χ0n) is 10.3. The summed E-state index contributed by atoms with van der Waals surface area (Å²) in [5.74, 6) is 0. The van der Waals surface area contributed by atoms with Crippen molar-refractivity contribution < 1.29 is 18.9 Å². The minimum absolute atomic E-state index is 0.531. The number of nitrogens with zero attached hydrogens (tertiary/aromatic N) is 1. The molecule has 0 aliphatic carbocycles. The van der Waals surface area contributed by atoms with Gasteiger partial charge in [-0.1, -0.05) is 4.58 Å². The highest BCUT2D eigenvalue weighted by Crippen LogP contribution is 2.15. The predicted octanol–water partition coefficient (Wildman–Crippen LogP) is 2.78. The molecule has 1 amide bonds. The van der Waals surface area contributed by atoms with E-state index in [1.807, 2.05) is 0 Å². The third-order valence-electron chi connectivity index (χ3n) is 1.95. The zero-order chi connectivity index (χ0) is 13.1. The minimum atomic E-state index is -0.560. The van der Waals surface area contributed by atoms with Gasteiger partial charge in [0.15, 0.2) is 0 Å². The van der Waals surface area contributed by atoms with E-state index >= 15 is 0 Å². The lowest BCUT2D eigenvalue weighted by atomic mass is 10.2. The lowest BCUT2D eigenvalue weighted by Gasteiger charge is -2.16. The van der Waals surface area contributed by atoms with Crippen molar-refractivity contribution in [3.63, 3.8) is 0 Å². The number of aldehydes is 1. The Bertz CT molecular complexity index is 441.